The Balaban J connectivity index is 2.19. The Kier molecular flexibility index (Phi) is 6.07. The Morgan fingerprint density at radius 1 is 1.67 bits per heavy atom. The minimum absolute atomic E-state index is 0.0255. The van der Waals surface area contributed by atoms with Crippen molar-refractivity contribution in [2.24, 2.45) is 0 Å². The molecule has 0 fully saturated rings. The molecule has 0 saturated carbocycles. The molecule has 1 rings (SSSR count). The van der Waals surface area contributed by atoms with Gasteiger partial charge in [-0.3, -0.25) is 0 Å². The van der Waals surface area contributed by atoms with Gasteiger partial charge in [0.1, 0.15) is 0 Å². The van der Waals surface area contributed by atoms with Crippen molar-refractivity contribution in [2.45, 2.75) is 32.7 Å². The second-order valence-electron chi connectivity index (χ2n) is 4.36. The molecule has 0 saturated heterocycles. The van der Waals surface area contributed by atoms with Gasteiger partial charge in [-0.25, -0.2) is 9.78 Å². The predicted molar refractivity (Wildman–Crippen MR) is 72.9 cm³/mol. The zero-order chi connectivity index (χ0) is 13.5. The van der Waals surface area contributed by atoms with Gasteiger partial charge in [-0.15, -0.1) is 11.3 Å². The van der Waals surface area contributed by atoms with Crippen LogP contribution >= 0.6 is 11.3 Å². The normalized spacial score (nSPS) is 12.2. The van der Waals surface area contributed by atoms with Gasteiger partial charge in [-0.05, 0) is 20.3 Å². The molecule has 0 bridgehead atoms. The first kappa shape index (κ1) is 14.9. The fourth-order valence-electron chi connectivity index (χ4n) is 1.40. The number of nitrogens with zero attached hydrogens (tertiary/aromatic N) is 2. The number of aromatic nitrogens is 1. The van der Waals surface area contributed by atoms with E-state index in [0.717, 1.165) is 23.5 Å². The van der Waals surface area contributed by atoms with Crippen molar-refractivity contribution in [1.82, 2.24) is 15.2 Å². The van der Waals surface area contributed by atoms with Crippen LogP contribution in [0.4, 0.5) is 4.79 Å². The van der Waals surface area contributed by atoms with Crippen LogP contribution in [0.25, 0.3) is 0 Å². The molecule has 1 atom stereocenters. The van der Waals surface area contributed by atoms with Crippen LogP contribution in [0.5, 0.6) is 0 Å². The number of carbonyl (C=O) groups is 1. The number of amides is 2. The number of aliphatic hydroxyl groups excluding tert-OH is 1. The minimum Gasteiger partial charge on any atom is -0.394 e. The summed E-state index contributed by atoms with van der Waals surface area (Å²) in [7, 11) is 1.68. The zero-order valence-electron chi connectivity index (χ0n) is 11.1. The van der Waals surface area contributed by atoms with Crippen LogP contribution in [0.3, 0.4) is 0 Å². The Morgan fingerprint density at radius 2 is 2.39 bits per heavy atom. The van der Waals surface area contributed by atoms with Crippen molar-refractivity contribution in [3.63, 3.8) is 0 Å². The van der Waals surface area contributed by atoms with Crippen molar-refractivity contribution in [3.8, 4) is 0 Å². The molecular formula is C12H21N3O2S. The molecule has 1 heterocycles. The maximum Gasteiger partial charge on any atom is 0.317 e. The molecule has 1 aromatic heterocycles. The summed E-state index contributed by atoms with van der Waals surface area (Å²) in [6.45, 7) is 4.38. The highest BCUT2D eigenvalue weighted by molar-refractivity contribution is 7.09. The number of hydrogen-bond donors (Lipinski definition) is 2. The summed E-state index contributed by atoms with van der Waals surface area (Å²) in [5.41, 5.74) is 1.05. The Bertz CT molecular complexity index is 381. The number of aliphatic hydroxyl groups is 1. The average Bonchev–Trinajstić information content (AvgIpc) is 2.78. The summed E-state index contributed by atoms with van der Waals surface area (Å²) in [5.74, 6) is 0. The molecule has 1 unspecified atom stereocenters. The van der Waals surface area contributed by atoms with Gasteiger partial charge in [0.15, 0.2) is 0 Å². The lowest BCUT2D eigenvalue weighted by atomic mass is 10.3. The van der Waals surface area contributed by atoms with Gasteiger partial charge in [0.05, 0.1) is 17.7 Å². The van der Waals surface area contributed by atoms with Crippen molar-refractivity contribution < 1.29 is 9.90 Å². The predicted octanol–water partition coefficient (Wildman–Crippen LogP) is 1.41. The SMILES string of the molecule is Cc1csc(CCCNC(=O)N(C)C(C)CO)n1. The summed E-state index contributed by atoms with van der Waals surface area (Å²) in [6, 6.07) is -0.307. The van der Waals surface area contributed by atoms with Crippen LogP contribution in [0.2, 0.25) is 0 Å². The van der Waals surface area contributed by atoms with E-state index in [1.54, 1.807) is 25.3 Å². The third-order valence-corrected chi connectivity index (χ3v) is 3.78. The van der Waals surface area contributed by atoms with Gasteiger partial charge in [0.25, 0.3) is 0 Å². The second-order valence-corrected chi connectivity index (χ2v) is 5.30. The summed E-state index contributed by atoms with van der Waals surface area (Å²) >= 11 is 1.66. The molecule has 0 aliphatic heterocycles. The van der Waals surface area contributed by atoms with E-state index in [2.05, 4.69) is 10.3 Å². The van der Waals surface area contributed by atoms with Crippen LogP contribution in [-0.4, -0.2) is 47.3 Å². The quantitative estimate of drug-likeness (QED) is 0.769. The molecule has 0 aliphatic rings. The first-order chi connectivity index (χ1) is 8.54. The Labute approximate surface area is 112 Å². The third kappa shape index (κ3) is 4.62. The number of urea groups is 1. The highest BCUT2D eigenvalue weighted by Gasteiger charge is 2.13. The van der Waals surface area contributed by atoms with E-state index in [9.17, 15) is 4.79 Å². The van der Waals surface area contributed by atoms with E-state index in [1.807, 2.05) is 12.3 Å². The highest BCUT2D eigenvalue weighted by atomic mass is 32.1. The zero-order valence-corrected chi connectivity index (χ0v) is 12.0. The molecule has 0 spiro atoms. The van der Waals surface area contributed by atoms with Crippen LogP contribution in [0.1, 0.15) is 24.0 Å². The van der Waals surface area contributed by atoms with Gasteiger partial charge >= 0.3 is 6.03 Å². The summed E-state index contributed by atoms with van der Waals surface area (Å²) in [4.78, 5) is 17.5. The molecule has 0 aliphatic carbocycles. The lowest BCUT2D eigenvalue weighted by Gasteiger charge is -2.23. The number of nitrogens with one attached hydrogen (secondary N) is 1. The van der Waals surface area contributed by atoms with Crippen molar-refractivity contribution in [2.75, 3.05) is 20.2 Å². The average molecular weight is 271 g/mol. The summed E-state index contributed by atoms with van der Waals surface area (Å²) in [5, 5.41) is 14.9. The lowest BCUT2D eigenvalue weighted by Crippen LogP contribution is -2.44. The van der Waals surface area contributed by atoms with E-state index in [0.29, 0.717) is 6.54 Å². The van der Waals surface area contributed by atoms with E-state index in [1.165, 1.54) is 4.90 Å². The van der Waals surface area contributed by atoms with Crippen LogP contribution in [0, 0.1) is 6.92 Å². The van der Waals surface area contributed by atoms with Crippen LogP contribution < -0.4 is 5.32 Å². The fourth-order valence-corrected chi connectivity index (χ4v) is 2.22. The fraction of sp³-hybridized carbons (Fsp3) is 0.667. The number of carbonyl (C=O) groups excluding carboxylic acids is 1. The molecular weight excluding hydrogens is 250 g/mol. The Hall–Kier alpha value is -1.14. The first-order valence-electron chi connectivity index (χ1n) is 6.07. The van der Waals surface area contributed by atoms with Crippen molar-refractivity contribution in [3.05, 3.63) is 16.1 Å². The maximum atomic E-state index is 11.6. The van der Waals surface area contributed by atoms with Crippen LogP contribution in [-0.2, 0) is 6.42 Å². The molecule has 5 nitrogen and oxygen atoms in total. The first-order valence-corrected chi connectivity index (χ1v) is 6.95. The second kappa shape index (κ2) is 7.33. The van der Waals surface area contributed by atoms with Gasteiger partial charge in [-0.2, -0.15) is 0 Å². The molecule has 2 N–H and O–H groups in total. The summed E-state index contributed by atoms with van der Waals surface area (Å²) < 4.78 is 0. The van der Waals surface area contributed by atoms with E-state index in [4.69, 9.17) is 5.11 Å². The highest BCUT2D eigenvalue weighted by Crippen LogP contribution is 2.10. The van der Waals surface area contributed by atoms with E-state index >= 15 is 0 Å². The minimum atomic E-state index is -0.161. The molecule has 1 aromatic rings. The van der Waals surface area contributed by atoms with E-state index < -0.39 is 0 Å². The molecule has 18 heavy (non-hydrogen) atoms. The standard InChI is InChI=1S/C12H21N3O2S/c1-9-8-18-11(14-9)5-4-6-13-12(17)15(3)10(2)7-16/h8,10,16H,4-7H2,1-3H3,(H,13,17). The van der Waals surface area contributed by atoms with Gasteiger partial charge in [0.2, 0.25) is 0 Å². The lowest BCUT2D eigenvalue weighted by molar-refractivity contribution is 0.157. The molecule has 102 valence electrons. The number of rotatable bonds is 6. The number of thiazole rings is 1. The topological polar surface area (TPSA) is 65.5 Å². The van der Waals surface area contributed by atoms with Gasteiger partial charge < -0.3 is 15.3 Å². The third-order valence-electron chi connectivity index (χ3n) is 2.76. The van der Waals surface area contributed by atoms with Gasteiger partial charge in [0, 0.05) is 31.1 Å². The molecule has 0 radical (unpaired) electrons. The Morgan fingerprint density at radius 3 is 2.94 bits per heavy atom. The van der Waals surface area contributed by atoms with E-state index in [-0.39, 0.29) is 18.7 Å². The van der Waals surface area contributed by atoms with Crippen molar-refractivity contribution >= 4 is 17.4 Å². The number of hydrogen-bond acceptors (Lipinski definition) is 4. The maximum absolute atomic E-state index is 11.6. The summed E-state index contributed by atoms with van der Waals surface area (Å²) in [6.07, 6.45) is 1.76. The largest absolute Gasteiger partial charge is 0.394 e. The molecule has 6 heteroatoms. The van der Waals surface area contributed by atoms with Gasteiger partial charge in [-0.1, -0.05) is 0 Å². The smallest absolute Gasteiger partial charge is 0.317 e. The monoisotopic (exact) mass is 271 g/mol. The van der Waals surface area contributed by atoms with Crippen LogP contribution in [0.15, 0.2) is 5.38 Å². The molecule has 0 aromatic carbocycles. The number of likely N-dealkylation sites (N-methyl/N-ethyl adjacent to an activating group) is 1. The number of aryl methyl sites for hydroxylation is 2. The molecule has 2 amide bonds. The van der Waals surface area contributed by atoms with Crippen molar-refractivity contribution in [1.29, 1.82) is 0 Å².